The van der Waals surface area contributed by atoms with E-state index in [2.05, 4.69) is 33.1 Å². The van der Waals surface area contributed by atoms with Crippen LogP contribution in [0.5, 0.6) is 11.5 Å². The first-order valence-corrected chi connectivity index (χ1v) is 9.91. The number of aliphatic imine (C=N–C) groups is 1. The van der Waals surface area contributed by atoms with Gasteiger partial charge in [-0.1, -0.05) is 18.2 Å². The van der Waals surface area contributed by atoms with Crippen LogP contribution in [-0.2, 0) is 0 Å². The molecule has 2 aliphatic rings. The second-order valence-electron chi connectivity index (χ2n) is 6.85. The van der Waals surface area contributed by atoms with Gasteiger partial charge in [-0.2, -0.15) is 0 Å². The molecule has 4 rings (SSSR count). The lowest BCUT2D eigenvalue weighted by atomic mass is 10.2. The Balaban J connectivity index is 0.00000240. The van der Waals surface area contributed by atoms with E-state index in [4.69, 9.17) is 14.5 Å². The molecule has 0 amide bonds. The Morgan fingerprint density at radius 1 is 1.10 bits per heavy atom. The topological polar surface area (TPSA) is 62.2 Å². The van der Waals surface area contributed by atoms with Gasteiger partial charge in [0.1, 0.15) is 12.4 Å². The molecule has 0 radical (unpaired) electrons. The van der Waals surface area contributed by atoms with Crippen molar-refractivity contribution >= 4 is 35.8 Å². The largest absolute Gasteiger partial charge is 0.486 e. The molecule has 7 nitrogen and oxygen atoms in total. The van der Waals surface area contributed by atoms with E-state index in [0.29, 0.717) is 13.2 Å². The zero-order valence-corrected chi connectivity index (χ0v) is 19.0. The predicted molar refractivity (Wildman–Crippen MR) is 126 cm³/mol. The molecule has 3 heterocycles. The van der Waals surface area contributed by atoms with Gasteiger partial charge in [-0.05, 0) is 31.2 Å². The lowest BCUT2D eigenvalue weighted by molar-refractivity contribution is 0.0969. The Morgan fingerprint density at radius 3 is 2.59 bits per heavy atom. The van der Waals surface area contributed by atoms with Crippen LogP contribution in [0.3, 0.4) is 0 Å². The fraction of sp³-hybridized carbons (Fsp3) is 0.429. The Hall–Kier alpha value is -2.23. The second-order valence-corrected chi connectivity index (χ2v) is 6.85. The highest BCUT2D eigenvalue weighted by atomic mass is 127. The number of aromatic nitrogens is 1. The van der Waals surface area contributed by atoms with Gasteiger partial charge < -0.3 is 24.6 Å². The third-order valence-electron chi connectivity index (χ3n) is 4.90. The standard InChI is InChI=1S/C21H27N5O2.HI/c1-2-22-21(24-15-17-16-27-18-7-3-4-8-19(18)28-17)26-13-11-25(12-14-26)20-9-5-6-10-23-20;/h3-10,17H,2,11-16H2,1H3,(H,22,24);1H. The van der Waals surface area contributed by atoms with Crippen molar-refractivity contribution in [1.29, 1.82) is 0 Å². The SMILES string of the molecule is CCNC(=NCC1COc2ccccc2O1)N1CCN(c2ccccn2)CC1.I. The molecule has 1 saturated heterocycles. The fourth-order valence-corrected chi connectivity index (χ4v) is 3.46. The van der Waals surface area contributed by atoms with Crippen molar-refractivity contribution in [2.75, 3.05) is 50.8 Å². The highest BCUT2D eigenvalue weighted by Crippen LogP contribution is 2.30. The summed E-state index contributed by atoms with van der Waals surface area (Å²) in [6, 6.07) is 13.8. The summed E-state index contributed by atoms with van der Waals surface area (Å²) in [6.45, 7) is 7.70. The zero-order valence-electron chi connectivity index (χ0n) is 16.7. The Morgan fingerprint density at radius 2 is 1.86 bits per heavy atom. The summed E-state index contributed by atoms with van der Waals surface area (Å²) in [6.07, 6.45) is 1.77. The molecule has 0 aliphatic carbocycles. The minimum atomic E-state index is -0.0710. The van der Waals surface area contributed by atoms with E-state index in [1.165, 1.54) is 0 Å². The fourth-order valence-electron chi connectivity index (χ4n) is 3.46. The second kappa shape index (κ2) is 10.5. The number of pyridine rings is 1. The molecule has 1 fully saturated rings. The number of rotatable bonds is 4. The monoisotopic (exact) mass is 509 g/mol. The van der Waals surface area contributed by atoms with Gasteiger partial charge in [0.15, 0.2) is 23.6 Å². The summed E-state index contributed by atoms with van der Waals surface area (Å²) >= 11 is 0. The summed E-state index contributed by atoms with van der Waals surface area (Å²) in [4.78, 5) is 13.9. The van der Waals surface area contributed by atoms with Gasteiger partial charge >= 0.3 is 0 Å². The highest BCUT2D eigenvalue weighted by molar-refractivity contribution is 14.0. The van der Waals surface area contributed by atoms with Crippen molar-refractivity contribution in [3.05, 3.63) is 48.7 Å². The molecule has 8 heteroatoms. The molecule has 1 N–H and O–H groups in total. The molecule has 0 saturated carbocycles. The first-order valence-electron chi connectivity index (χ1n) is 9.91. The molecule has 2 aromatic rings. The quantitative estimate of drug-likeness (QED) is 0.389. The van der Waals surface area contributed by atoms with E-state index < -0.39 is 0 Å². The van der Waals surface area contributed by atoms with Gasteiger partial charge in [0.25, 0.3) is 0 Å². The van der Waals surface area contributed by atoms with Crippen molar-refractivity contribution in [3.63, 3.8) is 0 Å². The number of piperazine rings is 1. The number of nitrogens with one attached hydrogen (secondary N) is 1. The average molecular weight is 509 g/mol. The van der Waals surface area contributed by atoms with Crippen molar-refractivity contribution < 1.29 is 9.47 Å². The van der Waals surface area contributed by atoms with Gasteiger partial charge in [0, 0.05) is 38.9 Å². The molecule has 156 valence electrons. The molecule has 2 aliphatic heterocycles. The van der Waals surface area contributed by atoms with Crippen molar-refractivity contribution in [3.8, 4) is 11.5 Å². The molecule has 1 atom stereocenters. The van der Waals surface area contributed by atoms with Gasteiger partial charge in [0.05, 0.1) is 6.54 Å². The number of nitrogens with zero attached hydrogens (tertiary/aromatic N) is 4. The molecule has 1 aromatic heterocycles. The van der Waals surface area contributed by atoms with Crippen LogP contribution in [-0.4, -0.2) is 67.8 Å². The minimum Gasteiger partial charge on any atom is -0.486 e. The van der Waals surface area contributed by atoms with E-state index in [0.717, 1.165) is 56.0 Å². The minimum absolute atomic E-state index is 0. The first kappa shape index (κ1) is 21.5. The predicted octanol–water partition coefficient (Wildman–Crippen LogP) is 2.63. The Bertz CT molecular complexity index is 797. The third-order valence-corrected chi connectivity index (χ3v) is 4.90. The first-order chi connectivity index (χ1) is 13.8. The number of anilines is 1. The van der Waals surface area contributed by atoms with Gasteiger partial charge in [-0.25, -0.2) is 9.98 Å². The van der Waals surface area contributed by atoms with Crippen LogP contribution in [0.15, 0.2) is 53.7 Å². The van der Waals surface area contributed by atoms with E-state index in [1.807, 2.05) is 42.6 Å². The lowest BCUT2D eigenvalue weighted by Gasteiger charge is -2.37. The van der Waals surface area contributed by atoms with Crippen LogP contribution < -0.4 is 19.7 Å². The van der Waals surface area contributed by atoms with Crippen molar-refractivity contribution in [1.82, 2.24) is 15.2 Å². The maximum absolute atomic E-state index is 6.03. The van der Waals surface area contributed by atoms with Gasteiger partial charge in [0.2, 0.25) is 0 Å². The number of guanidine groups is 1. The van der Waals surface area contributed by atoms with Crippen LogP contribution in [0.25, 0.3) is 0 Å². The summed E-state index contributed by atoms with van der Waals surface area (Å²) in [5.74, 6) is 3.57. The van der Waals surface area contributed by atoms with E-state index in [1.54, 1.807) is 0 Å². The maximum Gasteiger partial charge on any atom is 0.194 e. The van der Waals surface area contributed by atoms with Crippen molar-refractivity contribution in [2.24, 2.45) is 4.99 Å². The molecule has 1 aromatic carbocycles. The highest BCUT2D eigenvalue weighted by Gasteiger charge is 2.23. The number of fused-ring (bicyclic) bond motifs is 1. The molecule has 29 heavy (non-hydrogen) atoms. The van der Waals surface area contributed by atoms with E-state index in [9.17, 15) is 0 Å². The number of para-hydroxylation sites is 2. The van der Waals surface area contributed by atoms with E-state index in [-0.39, 0.29) is 30.1 Å². The maximum atomic E-state index is 6.03. The van der Waals surface area contributed by atoms with Crippen LogP contribution in [0.4, 0.5) is 5.82 Å². The number of hydrogen-bond donors (Lipinski definition) is 1. The molecule has 0 bridgehead atoms. The Labute approximate surface area is 189 Å². The molecule has 0 spiro atoms. The van der Waals surface area contributed by atoms with Gasteiger partial charge in [-0.3, -0.25) is 0 Å². The number of ether oxygens (including phenoxy) is 2. The number of benzene rings is 1. The average Bonchev–Trinajstić information content (AvgIpc) is 2.77. The number of hydrogen-bond acceptors (Lipinski definition) is 5. The van der Waals surface area contributed by atoms with Crippen LogP contribution in [0.1, 0.15) is 6.92 Å². The van der Waals surface area contributed by atoms with E-state index >= 15 is 0 Å². The zero-order chi connectivity index (χ0) is 19.2. The van der Waals surface area contributed by atoms with Crippen LogP contribution in [0.2, 0.25) is 0 Å². The third kappa shape index (κ3) is 5.43. The van der Waals surface area contributed by atoms with Crippen LogP contribution in [0, 0.1) is 0 Å². The number of halogens is 1. The normalized spacial score (nSPS) is 18.8. The van der Waals surface area contributed by atoms with Gasteiger partial charge in [-0.15, -0.1) is 24.0 Å². The summed E-state index contributed by atoms with van der Waals surface area (Å²) in [5.41, 5.74) is 0. The molecular weight excluding hydrogens is 481 g/mol. The summed E-state index contributed by atoms with van der Waals surface area (Å²) in [5, 5.41) is 3.41. The molecule has 1 unspecified atom stereocenters. The summed E-state index contributed by atoms with van der Waals surface area (Å²) in [7, 11) is 0. The smallest absolute Gasteiger partial charge is 0.194 e. The molecular formula is C21H28IN5O2. The lowest BCUT2D eigenvalue weighted by Crippen LogP contribution is -2.53. The summed E-state index contributed by atoms with van der Waals surface area (Å²) < 4.78 is 11.8. The van der Waals surface area contributed by atoms with Crippen LogP contribution >= 0.6 is 24.0 Å². The van der Waals surface area contributed by atoms with Crippen molar-refractivity contribution in [2.45, 2.75) is 13.0 Å². The Kier molecular flexibility index (Phi) is 7.79.